The molecular formula is C14H22Ag2N5O2-. The molecule has 23 heavy (non-hydrogen) atoms. The first kappa shape index (κ1) is 24.9. The monoisotopic (exact) mass is 506 g/mol. The number of piperidine rings is 1. The first-order valence-electron chi connectivity index (χ1n) is 7.00. The van der Waals surface area contributed by atoms with Crippen molar-refractivity contribution in [3.63, 3.8) is 0 Å². The maximum atomic E-state index is 11.8. The van der Waals surface area contributed by atoms with Crippen LogP contribution in [0.5, 0.6) is 0 Å². The molecule has 1 atom stereocenters. The van der Waals surface area contributed by atoms with Crippen molar-refractivity contribution in [2.24, 2.45) is 5.92 Å². The van der Waals surface area contributed by atoms with Crippen molar-refractivity contribution >= 4 is 11.8 Å². The van der Waals surface area contributed by atoms with Crippen LogP contribution in [0.25, 0.3) is 16.8 Å². The van der Waals surface area contributed by atoms with Gasteiger partial charge >= 0.3 is 44.8 Å². The molecule has 1 unspecified atom stereocenters. The van der Waals surface area contributed by atoms with E-state index in [1.807, 2.05) is 6.08 Å². The smallest absolute Gasteiger partial charge is 0.693 e. The molecule has 9 heteroatoms. The Labute approximate surface area is 168 Å². The van der Waals surface area contributed by atoms with Crippen molar-refractivity contribution in [1.82, 2.24) is 10.6 Å². The number of nitrogens with two attached hydrogens (primary N) is 1. The van der Waals surface area contributed by atoms with Gasteiger partial charge in [-0.25, -0.2) is 0 Å². The summed E-state index contributed by atoms with van der Waals surface area (Å²) in [5, 5.41) is 13.8. The number of carbonyl (C=O) groups excluding carboxylic acids is 2. The van der Waals surface area contributed by atoms with Gasteiger partial charge in [0.05, 0.1) is 0 Å². The van der Waals surface area contributed by atoms with E-state index in [-0.39, 0.29) is 68.6 Å². The van der Waals surface area contributed by atoms with Crippen LogP contribution in [0.2, 0.25) is 0 Å². The van der Waals surface area contributed by atoms with E-state index >= 15 is 0 Å². The quantitative estimate of drug-likeness (QED) is 0.433. The summed E-state index contributed by atoms with van der Waals surface area (Å²) < 4.78 is 0. The minimum Gasteiger partial charge on any atom is -0.693 e. The number of nitrogens with one attached hydrogen (secondary N) is 2. The minimum absolute atomic E-state index is 0. The van der Waals surface area contributed by atoms with Gasteiger partial charge in [0.2, 0.25) is 11.8 Å². The van der Waals surface area contributed by atoms with Gasteiger partial charge in [-0.3, -0.25) is 9.59 Å². The second-order valence-electron chi connectivity index (χ2n) is 4.87. The average Bonchev–Trinajstić information content (AvgIpc) is 2.53. The first-order valence-corrected chi connectivity index (χ1v) is 7.00. The zero-order valence-electron chi connectivity index (χ0n) is 12.7. The number of hydrogen-bond donors (Lipinski definition) is 2. The van der Waals surface area contributed by atoms with Gasteiger partial charge in [-0.15, -0.1) is 25.7 Å². The van der Waals surface area contributed by atoms with Crippen LogP contribution in [0.4, 0.5) is 0 Å². The molecular weight excluding hydrogens is 486 g/mol. The van der Waals surface area contributed by atoms with Crippen molar-refractivity contribution in [3.8, 4) is 0 Å². The third kappa shape index (κ3) is 8.88. The van der Waals surface area contributed by atoms with E-state index in [1.54, 1.807) is 12.3 Å². The number of nitrogens with zero attached hydrogens (tertiary/aromatic N) is 2. The Balaban J connectivity index is 0. The maximum absolute atomic E-state index is 11.8. The number of rotatable bonds is 5. The summed E-state index contributed by atoms with van der Waals surface area (Å²) in [7, 11) is 0. The number of amides is 2. The fourth-order valence-corrected chi connectivity index (χ4v) is 2.18. The van der Waals surface area contributed by atoms with E-state index in [2.05, 4.69) is 21.3 Å². The van der Waals surface area contributed by atoms with Gasteiger partial charge in [0.25, 0.3) is 0 Å². The Kier molecular flexibility index (Phi) is 15.1. The largest absolute Gasteiger partial charge is 1.00 e. The summed E-state index contributed by atoms with van der Waals surface area (Å²) in [5.41, 5.74) is 0.550. The van der Waals surface area contributed by atoms with Crippen LogP contribution < -0.4 is 10.6 Å². The Morgan fingerprint density at radius 2 is 1.96 bits per heavy atom. The topological polar surface area (TPSA) is 120 Å². The number of hydrogen-bond acceptors (Lipinski definition) is 2. The molecule has 2 rings (SSSR count). The summed E-state index contributed by atoms with van der Waals surface area (Å²) in [4.78, 5) is 23.5. The molecule has 4 N–H and O–H groups in total. The van der Waals surface area contributed by atoms with Crippen molar-refractivity contribution in [1.29, 1.82) is 0 Å². The molecule has 0 radical (unpaired) electrons. The van der Waals surface area contributed by atoms with Crippen molar-refractivity contribution in [3.05, 3.63) is 40.7 Å². The normalized spacial score (nSPS) is 18.8. The van der Waals surface area contributed by atoms with E-state index in [0.29, 0.717) is 31.8 Å². The molecule has 2 heterocycles. The average molecular weight is 508 g/mol. The summed E-state index contributed by atoms with van der Waals surface area (Å²) in [6.45, 7) is 2.97. The standard InChI is InChI=1S/C14H21N4O2.2Ag.H2N/c19-13(11-3-1-5-15-9-11)17-7-8-18-14(20)12-4-2-6-16-10-12;;;/h1,3,9,12H,2,4-8,10H2,(H3,15,17,18,19,20);;;1H2/q-1;2*+1;-1/p-1. The minimum atomic E-state index is -0.161. The van der Waals surface area contributed by atoms with Crippen molar-refractivity contribution in [2.45, 2.75) is 12.8 Å². The SMILES string of the molecule is O=C(NCCNC(=O)C1CCC[N-]C1)C1=C[N-]CC=C1.[Ag+].[Ag+].[NH2-]. The molecule has 0 saturated carbocycles. The van der Waals surface area contributed by atoms with Gasteiger partial charge in [-0.1, -0.05) is 12.5 Å². The van der Waals surface area contributed by atoms with Crippen LogP contribution in [0.15, 0.2) is 23.9 Å². The van der Waals surface area contributed by atoms with Crippen LogP contribution in [-0.4, -0.2) is 44.5 Å². The van der Waals surface area contributed by atoms with Gasteiger partial charge in [0.1, 0.15) is 0 Å². The second-order valence-corrected chi connectivity index (χ2v) is 4.87. The van der Waals surface area contributed by atoms with Gasteiger partial charge in [-0.2, -0.15) is 6.20 Å². The molecule has 0 aromatic rings. The Morgan fingerprint density at radius 3 is 2.57 bits per heavy atom. The Bertz CT molecular complexity index is 423. The molecule has 1 saturated heterocycles. The van der Waals surface area contributed by atoms with E-state index in [1.165, 1.54) is 0 Å². The van der Waals surface area contributed by atoms with Crippen LogP contribution in [0, 0.1) is 5.92 Å². The molecule has 7 nitrogen and oxygen atoms in total. The molecule has 2 amide bonds. The maximum Gasteiger partial charge on any atom is 1.00 e. The zero-order chi connectivity index (χ0) is 14.2. The third-order valence-corrected chi connectivity index (χ3v) is 3.30. The zero-order valence-corrected chi connectivity index (χ0v) is 15.6. The third-order valence-electron chi connectivity index (χ3n) is 3.30. The molecule has 0 aromatic carbocycles. The van der Waals surface area contributed by atoms with E-state index < -0.39 is 0 Å². The van der Waals surface area contributed by atoms with Crippen LogP contribution in [0.1, 0.15) is 12.8 Å². The molecule has 0 bridgehead atoms. The van der Waals surface area contributed by atoms with Crippen molar-refractivity contribution < 1.29 is 54.3 Å². The Morgan fingerprint density at radius 1 is 1.22 bits per heavy atom. The predicted molar refractivity (Wildman–Crippen MR) is 82.6 cm³/mol. The molecule has 138 valence electrons. The molecule has 2 aliphatic heterocycles. The van der Waals surface area contributed by atoms with Gasteiger partial charge < -0.3 is 27.4 Å². The Hall–Kier alpha value is -0.379. The summed E-state index contributed by atoms with van der Waals surface area (Å²) >= 11 is 0. The summed E-state index contributed by atoms with van der Waals surface area (Å²) in [5.74, 6) is -0.122. The van der Waals surface area contributed by atoms with E-state index in [0.717, 1.165) is 19.4 Å². The molecule has 0 spiro atoms. The first-order chi connectivity index (χ1) is 9.77. The molecule has 0 aliphatic carbocycles. The van der Waals surface area contributed by atoms with Crippen LogP contribution in [-0.2, 0) is 54.3 Å². The van der Waals surface area contributed by atoms with E-state index in [4.69, 9.17) is 0 Å². The summed E-state index contributed by atoms with van der Waals surface area (Å²) in [6, 6.07) is 0. The molecule has 1 fully saturated rings. The predicted octanol–water partition coefficient (Wildman–Crippen LogP) is 1.54. The van der Waals surface area contributed by atoms with E-state index in [9.17, 15) is 9.59 Å². The van der Waals surface area contributed by atoms with Crippen molar-refractivity contribution in [2.75, 3.05) is 32.7 Å². The molecule has 2 aliphatic rings. The molecule has 0 aromatic heterocycles. The second kappa shape index (κ2) is 14.0. The fourth-order valence-electron chi connectivity index (χ4n) is 2.18. The van der Waals surface area contributed by atoms with Crippen LogP contribution in [0.3, 0.4) is 0 Å². The van der Waals surface area contributed by atoms with Crippen LogP contribution >= 0.6 is 0 Å². The van der Waals surface area contributed by atoms with Gasteiger partial charge in [0, 0.05) is 24.6 Å². The van der Waals surface area contributed by atoms with Gasteiger partial charge in [0.15, 0.2) is 0 Å². The fraction of sp³-hybridized carbons (Fsp3) is 0.571. The summed E-state index contributed by atoms with van der Waals surface area (Å²) in [6.07, 6.45) is 7.05. The van der Waals surface area contributed by atoms with Gasteiger partial charge in [-0.05, 0) is 6.42 Å². The number of carbonyl (C=O) groups is 2.